The molecule has 0 bridgehead atoms. The Kier molecular flexibility index (Phi) is 5.95. The van der Waals surface area contributed by atoms with Crippen LogP contribution in [0.4, 0.5) is 17.1 Å². The normalized spacial score (nSPS) is 11.0. The van der Waals surface area contributed by atoms with Crippen molar-refractivity contribution in [3.05, 3.63) is 71.8 Å². The quantitative estimate of drug-likeness (QED) is 0.336. The molecule has 160 valence electrons. The number of ether oxygens (including phenoxy) is 1. The van der Waals surface area contributed by atoms with E-state index in [9.17, 15) is 18.0 Å². The number of rotatable bonds is 6. The second-order valence-electron chi connectivity index (χ2n) is 6.56. The monoisotopic (exact) mass is 440 g/mol. The van der Waals surface area contributed by atoms with E-state index in [0.29, 0.717) is 16.8 Å². The summed E-state index contributed by atoms with van der Waals surface area (Å²) in [6.07, 6.45) is 0. The fourth-order valence-electron chi connectivity index (χ4n) is 3.17. The Morgan fingerprint density at radius 3 is 2.26 bits per heavy atom. The van der Waals surface area contributed by atoms with Crippen molar-refractivity contribution in [2.24, 2.45) is 10.9 Å². The highest BCUT2D eigenvalue weighted by Gasteiger charge is 2.28. The van der Waals surface area contributed by atoms with Crippen molar-refractivity contribution in [1.29, 1.82) is 0 Å². The Hall–Kier alpha value is -3.89. The molecule has 0 aliphatic carbocycles. The summed E-state index contributed by atoms with van der Waals surface area (Å²) < 4.78 is 29.5. The summed E-state index contributed by atoms with van der Waals surface area (Å²) in [6.45, 7) is 0. The smallest absolute Gasteiger partial charge is 0.337 e. The largest absolute Gasteiger partial charge is 0.465 e. The molecule has 0 unspecified atom stereocenters. The summed E-state index contributed by atoms with van der Waals surface area (Å²) in [7, 11) is -3.17. The van der Waals surface area contributed by atoms with Crippen LogP contribution < -0.4 is 21.9 Å². The third-order valence-corrected chi connectivity index (χ3v) is 5.49. The molecule has 1 amide bonds. The Labute approximate surface area is 178 Å². The van der Waals surface area contributed by atoms with Gasteiger partial charge in [0.2, 0.25) is 10.0 Å². The van der Waals surface area contributed by atoms with Crippen molar-refractivity contribution in [3.63, 3.8) is 0 Å². The minimum Gasteiger partial charge on any atom is -0.465 e. The van der Waals surface area contributed by atoms with E-state index in [1.165, 1.54) is 25.3 Å². The molecule has 0 radical (unpaired) electrons. The summed E-state index contributed by atoms with van der Waals surface area (Å²) in [4.78, 5) is 23.5. The van der Waals surface area contributed by atoms with Gasteiger partial charge in [-0.15, -0.1) is 0 Å². The van der Waals surface area contributed by atoms with Crippen LogP contribution in [0.5, 0.6) is 0 Å². The second kappa shape index (κ2) is 8.46. The highest BCUT2D eigenvalue weighted by molar-refractivity contribution is 7.89. The number of amides is 1. The van der Waals surface area contributed by atoms with Crippen LogP contribution >= 0.6 is 0 Å². The number of carbonyl (C=O) groups excluding carboxylic acids is 2. The second-order valence-corrected chi connectivity index (χ2v) is 8.06. The van der Waals surface area contributed by atoms with Crippen molar-refractivity contribution < 1.29 is 22.7 Å². The Morgan fingerprint density at radius 2 is 1.68 bits per heavy atom. The van der Waals surface area contributed by atoms with Crippen LogP contribution in [0, 0.1) is 0 Å². The first kappa shape index (κ1) is 21.8. The number of sulfonamides is 1. The molecule has 3 aromatic rings. The van der Waals surface area contributed by atoms with Crippen LogP contribution in [0.2, 0.25) is 0 Å². The van der Waals surface area contributed by atoms with Gasteiger partial charge in [0, 0.05) is 11.3 Å². The molecule has 7 N–H and O–H groups in total. The summed E-state index contributed by atoms with van der Waals surface area (Å²) in [6, 6.07) is 16.4. The van der Waals surface area contributed by atoms with Crippen LogP contribution in [0.15, 0.2) is 65.6 Å². The lowest BCUT2D eigenvalue weighted by Gasteiger charge is -2.19. The topological polar surface area (TPSA) is 168 Å². The van der Waals surface area contributed by atoms with E-state index in [2.05, 4.69) is 5.32 Å². The first-order valence-electron chi connectivity index (χ1n) is 8.93. The van der Waals surface area contributed by atoms with E-state index < -0.39 is 32.4 Å². The van der Waals surface area contributed by atoms with Gasteiger partial charge in [-0.1, -0.05) is 36.4 Å². The number of hydrogen-bond acceptors (Lipinski definition) is 7. The molecule has 9 nitrogen and oxygen atoms in total. The molecule has 3 rings (SSSR count). The molecule has 3 aromatic carbocycles. The lowest BCUT2D eigenvalue weighted by Crippen LogP contribution is -2.24. The molecule has 0 spiro atoms. The van der Waals surface area contributed by atoms with Crippen molar-refractivity contribution in [3.8, 4) is 11.1 Å². The zero-order valence-corrected chi connectivity index (χ0v) is 17.3. The molecule has 31 heavy (non-hydrogen) atoms. The summed E-state index contributed by atoms with van der Waals surface area (Å²) >= 11 is 0. The third kappa shape index (κ3) is 4.49. The van der Waals surface area contributed by atoms with E-state index in [4.69, 9.17) is 21.3 Å². The van der Waals surface area contributed by atoms with Gasteiger partial charge in [0.15, 0.2) is 0 Å². The molecule has 0 aromatic heterocycles. The number of nitrogen functional groups attached to an aromatic ring is 1. The number of hydrogen-bond donors (Lipinski definition) is 4. The van der Waals surface area contributed by atoms with Crippen molar-refractivity contribution in [2.75, 3.05) is 18.2 Å². The average Bonchev–Trinajstić information content (AvgIpc) is 2.73. The molecule has 0 fully saturated rings. The summed E-state index contributed by atoms with van der Waals surface area (Å²) in [5.41, 5.74) is 12.7. The van der Waals surface area contributed by atoms with Crippen LogP contribution in [0.25, 0.3) is 11.1 Å². The zero-order chi connectivity index (χ0) is 22.8. The number of nitrogens with one attached hydrogen (secondary N) is 1. The SMILES string of the molecule is COC(=O)c1cccc(Nc2cc(-c3ccccc3)c(N)c(C(N)=O)c2S(N)(=O)=O)c1. The number of esters is 1. The fourth-order valence-corrected chi connectivity index (χ4v) is 4.08. The maximum atomic E-state index is 12.4. The maximum Gasteiger partial charge on any atom is 0.337 e. The van der Waals surface area contributed by atoms with Crippen LogP contribution in [0.1, 0.15) is 20.7 Å². The highest BCUT2D eigenvalue weighted by Crippen LogP contribution is 2.39. The lowest BCUT2D eigenvalue weighted by atomic mass is 9.98. The van der Waals surface area contributed by atoms with Crippen molar-refractivity contribution in [2.45, 2.75) is 4.90 Å². The molecular formula is C21H20N4O5S. The first-order chi connectivity index (χ1) is 14.6. The molecule has 10 heteroatoms. The summed E-state index contributed by atoms with van der Waals surface area (Å²) in [5, 5.41) is 8.30. The minimum atomic E-state index is -4.42. The van der Waals surface area contributed by atoms with Crippen molar-refractivity contribution in [1.82, 2.24) is 0 Å². The molecule has 0 aliphatic rings. The zero-order valence-electron chi connectivity index (χ0n) is 16.5. The first-order valence-corrected chi connectivity index (χ1v) is 10.5. The van der Waals surface area contributed by atoms with Gasteiger partial charge in [-0.3, -0.25) is 4.79 Å². The van der Waals surface area contributed by atoms with Gasteiger partial charge in [-0.25, -0.2) is 18.4 Å². The van der Waals surface area contributed by atoms with Gasteiger partial charge in [-0.05, 0) is 29.8 Å². The Bertz CT molecular complexity index is 1270. The average molecular weight is 440 g/mol. The van der Waals surface area contributed by atoms with E-state index in [1.807, 2.05) is 0 Å². The van der Waals surface area contributed by atoms with Crippen molar-refractivity contribution >= 4 is 39.0 Å². The van der Waals surface area contributed by atoms with E-state index in [1.54, 1.807) is 42.5 Å². The number of carbonyl (C=O) groups is 2. The van der Waals surface area contributed by atoms with Crippen LogP contribution in [-0.4, -0.2) is 27.4 Å². The molecule has 0 aliphatic heterocycles. The van der Waals surface area contributed by atoms with E-state index in [0.717, 1.165) is 0 Å². The van der Waals surface area contributed by atoms with Gasteiger partial charge in [0.05, 0.1) is 29.6 Å². The van der Waals surface area contributed by atoms with Gasteiger partial charge in [0.25, 0.3) is 5.91 Å². The Balaban J connectivity index is 2.29. The predicted octanol–water partition coefficient (Wildman–Crippen LogP) is 2.21. The van der Waals surface area contributed by atoms with E-state index in [-0.39, 0.29) is 16.9 Å². The number of benzene rings is 3. The van der Waals surface area contributed by atoms with Gasteiger partial charge in [0.1, 0.15) is 4.90 Å². The number of nitrogens with two attached hydrogens (primary N) is 3. The van der Waals surface area contributed by atoms with Gasteiger partial charge < -0.3 is 21.5 Å². The van der Waals surface area contributed by atoms with Gasteiger partial charge >= 0.3 is 5.97 Å². The number of methoxy groups -OCH3 is 1. The molecule has 0 atom stereocenters. The molecule has 0 saturated carbocycles. The van der Waals surface area contributed by atoms with Gasteiger partial charge in [-0.2, -0.15) is 0 Å². The summed E-state index contributed by atoms with van der Waals surface area (Å²) in [5.74, 6) is -1.62. The minimum absolute atomic E-state index is 0.0219. The third-order valence-electron chi connectivity index (χ3n) is 4.50. The number of primary amides is 1. The van der Waals surface area contributed by atoms with Crippen LogP contribution in [-0.2, 0) is 14.8 Å². The highest BCUT2D eigenvalue weighted by atomic mass is 32.2. The molecule has 0 saturated heterocycles. The molecule has 0 heterocycles. The number of anilines is 3. The molecular weight excluding hydrogens is 420 g/mol. The fraction of sp³-hybridized carbons (Fsp3) is 0.0476. The number of primary sulfonamides is 1. The van der Waals surface area contributed by atoms with E-state index >= 15 is 0 Å². The Morgan fingerprint density at radius 1 is 1.00 bits per heavy atom. The predicted molar refractivity (Wildman–Crippen MR) is 117 cm³/mol. The maximum absolute atomic E-state index is 12.4. The lowest BCUT2D eigenvalue weighted by molar-refractivity contribution is 0.0600. The standard InChI is InChI=1S/C21H20N4O5S/c1-30-21(27)13-8-5-9-14(10-13)25-16-11-15(12-6-3-2-4-7-12)18(22)17(20(23)26)19(16)31(24,28)29/h2-11,25H,22H2,1H3,(H2,23,26)(H2,24,28,29). The van der Waals surface area contributed by atoms with Crippen LogP contribution in [0.3, 0.4) is 0 Å².